The zero-order chi connectivity index (χ0) is 20.9. The van der Waals surface area contributed by atoms with Gasteiger partial charge in [-0.2, -0.15) is 0 Å². The van der Waals surface area contributed by atoms with E-state index >= 15 is 0 Å². The summed E-state index contributed by atoms with van der Waals surface area (Å²) in [5.41, 5.74) is -0.541. The third-order valence-corrected chi connectivity index (χ3v) is 4.10. The molecule has 0 radical (unpaired) electrons. The summed E-state index contributed by atoms with van der Waals surface area (Å²) in [5, 5.41) is 8.34. The van der Waals surface area contributed by atoms with Gasteiger partial charge in [0.25, 0.3) is 0 Å². The minimum Gasteiger partial charge on any atom is -0.444 e. The lowest BCUT2D eigenvalue weighted by molar-refractivity contribution is -0.127. The maximum Gasteiger partial charge on any atom is 0.407 e. The third-order valence-electron chi connectivity index (χ3n) is 4.10. The number of hydrogen-bond acceptors (Lipinski definition) is 4. The van der Waals surface area contributed by atoms with Gasteiger partial charge in [0.15, 0.2) is 0 Å². The Balaban J connectivity index is 3.91. The summed E-state index contributed by atoms with van der Waals surface area (Å²) in [6.07, 6.45) is 4.08. The van der Waals surface area contributed by atoms with Crippen LogP contribution >= 0.6 is 0 Å². The van der Waals surface area contributed by atoms with Gasteiger partial charge in [0.2, 0.25) is 11.8 Å². The molecule has 0 unspecified atom stereocenters. The van der Waals surface area contributed by atoms with Gasteiger partial charge in [-0.1, -0.05) is 33.6 Å². The molecule has 27 heavy (non-hydrogen) atoms. The van der Waals surface area contributed by atoms with Gasteiger partial charge in [-0.25, -0.2) is 4.79 Å². The fourth-order valence-corrected chi connectivity index (χ4v) is 2.36. The Bertz CT molecular complexity index is 461. The topological polar surface area (TPSA) is 96.5 Å². The average molecular weight is 386 g/mol. The zero-order valence-corrected chi connectivity index (χ0v) is 17.9. The third kappa shape index (κ3) is 14.0. The van der Waals surface area contributed by atoms with Crippen LogP contribution in [0.3, 0.4) is 0 Å². The van der Waals surface area contributed by atoms with Crippen molar-refractivity contribution in [3.05, 3.63) is 0 Å². The monoisotopic (exact) mass is 385 g/mol. The number of hydrogen-bond donors (Lipinski definition) is 3. The maximum atomic E-state index is 12.1. The molecular formula is C20H39N3O4. The van der Waals surface area contributed by atoms with Crippen LogP contribution < -0.4 is 16.0 Å². The highest BCUT2D eigenvalue weighted by Gasteiger charge is 2.18. The van der Waals surface area contributed by atoms with E-state index in [-0.39, 0.29) is 23.7 Å². The maximum absolute atomic E-state index is 12.1. The Labute approximate surface area is 164 Å². The highest BCUT2D eigenvalue weighted by molar-refractivity contribution is 5.79. The Kier molecular flexibility index (Phi) is 12.5. The van der Waals surface area contributed by atoms with Gasteiger partial charge in [-0.3, -0.25) is 9.59 Å². The van der Waals surface area contributed by atoms with E-state index in [0.717, 1.165) is 25.8 Å². The largest absolute Gasteiger partial charge is 0.444 e. The van der Waals surface area contributed by atoms with Crippen LogP contribution in [0.2, 0.25) is 0 Å². The van der Waals surface area contributed by atoms with Crippen LogP contribution in [0.1, 0.15) is 73.6 Å². The molecule has 0 aliphatic rings. The van der Waals surface area contributed by atoms with E-state index in [0.29, 0.717) is 25.9 Å². The molecule has 2 atom stereocenters. The Hall–Kier alpha value is -1.79. The van der Waals surface area contributed by atoms with Gasteiger partial charge in [0.1, 0.15) is 5.60 Å². The highest BCUT2D eigenvalue weighted by Crippen LogP contribution is 2.13. The molecule has 0 aliphatic carbocycles. The summed E-state index contributed by atoms with van der Waals surface area (Å²) in [6, 6.07) is 0. The van der Waals surface area contributed by atoms with Crippen LogP contribution in [0, 0.1) is 11.8 Å². The predicted molar refractivity (Wildman–Crippen MR) is 107 cm³/mol. The van der Waals surface area contributed by atoms with Crippen LogP contribution in [-0.4, -0.2) is 43.1 Å². The molecular weight excluding hydrogens is 346 g/mol. The molecule has 0 bridgehead atoms. The molecule has 3 N–H and O–H groups in total. The molecule has 0 aromatic rings. The van der Waals surface area contributed by atoms with Crippen LogP contribution in [0.4, 0.5) is 4.79 Å². The SMILES string of the molecule is CCCCCNC(=O)[C@@H](C)CC[C@H](C)C(=O)NCCNC(=O)OC(C)(C)C. The molecule has 0 aliphatic heterocycles. The van der Waals surface area contributed by atoms with Gasteiger partial charge >= 0.3 is 6.09 Å². The molecule has 0 saturated carbocycles. The fourth-order valence-electron chi connectivity index (χ4n) is 2.36. The van der Waals surface area contributed by atoms with Crippen LogP contribution in [0.5, 0.6) is 0 Å². The first-order valence-corrected chi connectivity index (χ1v) is 10.1. The van der Waals surface area contributed by atoms with Gasteiger partial charge in [-0.15, -0.1) is 0 Å². The molecule has 158 valence electrons. The van der Waals surface area contributed by atoms with Gasteiger partial charge in [0, 0.05) is 31.5 Å². The summed E-state index contributed by atoms with van der Waals surface area (Å²) < 4.78 is 5.12. The van der Waals surface area contributed by atoms with E-state index in [1.54, 1.807) is 20.8 Å². The molecule has 0 spiro atoms. The molecule has 7 heteroatoms. The number of unbranched alkanes of at least 4 members (excludes halogenated alkanes) is 2. The first kappa shape index (κ1) is 25.2. The quantitative estimate of drug-likeness (QED) is 0.450. The van der Waals surface area contributed by atoms with E-state index in [2.05, 4.69) is 22.9 Å². The summed E-state index contributed by atoms with van der Waals surface area (Å²) in [4.78, 5) is 35.6. The molecule has 0 heterocycles. The number of ether oxygens (including phenoxy) is 1. The van der Waals surface area contributed by atoms with Crippen molar-refractivity contribution < 1.29 is 19.1 Å². The normalized spacial score (nSPS) is 13.4. The lowest BCUT2D eigenvalue weighted by atomic mass is 9.97. The summed E-state index contributed by atoms with van der Waals surface area (Å²) in [5.74, 6) is -0.297. The predicted octanol–water partition coefficient (Wildman–Crippen LogP) is 2.99. The Morgan fingerprint density at radius 2 is 1.30 bits per heavy atom. The van der Waals surface area contributed by atoms with Gasteiger partial charge in [0.05, 0.1) is 0 Å². The van der Waals surface area contributed by atoms with Crippen molar-refractivity contribution in [1.82, 2.24) is 16.0 Å². The van der Waals surface area contributed by atoms with Crippen molar-refractivity contribution in [2.45, 2.75) is 79.2 Å². The summed E-state index contributed by atoms with van der Waals surface area (Å²) in [6.45, 7) is 12.6. The second-order valence-corrected chi connectivity index (χ2v) is 8.10. The lowest BCUT2D eigenvalue weighted by Crippen LogP contribution is -2.39. The average Bonchev–Trinajstić information content (AvgIpc) is 2.58. The molecule has 0 fully saturated rings. The molecule has 0 saturated heterocycles. The van der Waals surface area contributed by atoms with E-state index in [1.165, 1.54) is 0 Å². The minimum atomic E-state index is -0.541. The number of alkyl carbamates (subject to hydrolysis) is 1. The van der Waals surface area contributed by atoms with Crippen molar-refractivity contribution in [1.29, 1.82) is 0 Å². The number of amides is 3. The summed E-state index contributed by atoms with van der Waals surface area (Å²) >= 11 is 0. The van der Waals surface area contributed by atoms with Crippen LogP contribution in [0.15, 0.2) is 0 Å². The number of carbonyl (C=O) groups is 3. The first-order chi connectivity index (χ1) is 12.6. The standard InChI is InChI=1S/C20H39N3O4/c1-7-8-9-12-21-17(24)15(2)10-11-16(3)18(25)22-13-14-23-19(26)27-20(4,5)6/h15-16H,7-14H2,1-6H3,(H,21,24)(H,22,25)(H,23,26)/t15-,16-/m0/s1. The van der Waals surface area contributed by atoms with Crippen molar-refractivity contribution in [2.75, 3.05) is 19.6 Å². The Morgan fingerprint density at radius 3 is 1.78 bits per heavy atom. The Morgan fingerprint density at radius 1 is 0.815 bits per heavy atom. The molecule has 0 aromatic heterocycles. The minimum absolute atomic E-state index is 0.0558. The second kappa shape index (κ2) is 13.4. The van der Waals surface area contributed by atoms with Crippen molar-refractivity contribution in [2.24, 2.45) is 11.8 Å². The zero-order valence-electron chi connectivity index (χ0n) is 17.9. The van der Waals surface area contributed by atoms with E-state index < -0.39 is 11.7 Å². The molecule has 0 rings (SSSR count). The molecule has 3 amide bonds. The lowest BCUT2D eigenvalue weighted by Gasteiger charge is -2.20. The number of nitrogens with one attached hydrogen (secondary N) is 3. The van der Waals surface area contributed by atoms with Crippen molar-refractivity contribution >= 4 is 17.9 Å². The molecule has 0 aromatic carbocycles. The first-order valence-electron chi connectivity index (χ1n) is 10.1. The molecule has 7 nitrogen and oxygen atoms in total. The van der Waals surface area contributed by atoms with Crippen LogP contribution in [0.25, 0.3) is 0 Å². The van der Waals surface area contributed by atoms with Gasteiger partial charge < -0.3 is 20.7 Å². The van der Waals surface area contributed by atoms with Crippen molar-refractivity contribution in [3.8, 4) is 0 Å². The van der Waals surface area contributed by atoms with Crippen molar-refractivity contribution in [3.63, 3.8) is 0 Å². The smallest absolute Gasteiger partial charge is 0.407 e. The summed E-state index contributed by atoms with van der Waals surface area (Å²) in [7, 11) is 0. The van der Waals surface area contributed by atoms with E-state index in [1.807, 2.05) is 13.8 Å². The fraction of sp³-hybridized carbons (Fsp3) is 0.850. The van der Waals surface area contributed by atoms with Gasteiger partial charge in [-0.05, 0) is 40.0 Å². The van der Waals surface area contributed by atoms with E-state index in [4.69, 9.17) is 4.74 Å². The highest BCUT2D eigenvalue weighted by atomic mass is 16.6. The second-order valence-electron chi connectivity index (χ2n) is 8.10. The van der Waals surface area contributed by atoms with Crippen LogP contribution in [-0.2, 0) is 14.3 Å². The van der Waals surface area contributed by atoms with E-state index in [9.17, 15) is 14.4 Å². The number of rotatable bonds is 12. The number of carbonyl (C=O) groups excluding carboxylic acids is 3.